The van der Waals surface area contributed by atoms with E-state index in [1.54, 1.807) is 43.5 Å². The highest BCUT2D eigenvalue weighted by Crippen LogP contribution is 2.37. The van der Waals surface area contributed by atoms with E-state index in [4.69, 9.17) is 4.74 Å². The molecule has 2 heterocycles. The number of hydrogen-bond acceptors (Lipinski definition) is 7. The normalized spacial score (nSPS) is 13.1. The first-order chi connectivity index (χ1) is 21.2. The molecular formula is C32H25F3N6O2S. The third-order valence-electron chi connectivity index (χ3n) is 7.24. The molecule has 0 radical (unpaired) electrons. The molecule has 0 saturated heterocycles. The molecule has 1 amide bonds. The van der Waals surface area contributed by atoms with Crippen LogP contribution in [0.1, 0.15) is 62.9 Å². The number of anilines is 1. The Morgan fingerprint density at radius 3 is 2.64 bits per heavy atom. The number of carbonyl (C=O) groups is 1. The smallest absolute Gasteiger partial charge is 0.417 e. The number of methoxy groups -OCH3 is 1. The van der Waals surface area contributed by atoms with E-state index in [2.05, 4.69) is 37.6 Å². The molecule has 1 aliphatic rings. The Hall–Kier alpha value is -5.02. The van der Waals surface area contributed by atoms with E-state index in [-0.39, 0.29) is 17.9 Å². The van der Waals surface area contributed by atoms with Crippen LogP contribution >= 0.6 is 11.3 Å². The van der Waals surface area contributed by atoms with Crippen LogP contribution in [0.5, 0.6) is 5.75 Å². The fourth-order valence-corrected chi connectivity index (χ4v) is 5.42. The Labute approximate surface area is 254 Å². The molecule has 0 aliphatic heterocycles. The predicted molar refractivity (Wildman–Crippen MR) is 159 cm³/mol. The first kappa shape index (κ1) is 29.1. The third kappa shape index (κ3) is 6.63. The van der Waals surface area contributed by atoms with Crippen molar-refractivity contribution in [2.24, 2.45) is 0 Å². The van der Waals surface area contributed by atoms with Gasteiger partial charge in [-0.05, 0) is 72.0 Å². The van der Waals surface area contributed by atoms with Gasteiger partial charge in [0.2, 0.25) is 5.82 Å². The zero-order valence-corrected chi connectivity index (χ0v) is 24.2. The molecule has 0 spiro atoms. The van der Waals surface area contributed by atoms with Gasteiger partial charge in [-0.1, -0.05) is 36.6 Å². The molecule has 1 N–H and O–H groups in total. The Morgan fingerprint density at radius 2 is 1.91 bits per heavy atom. The van der Waals surface area contributed by atoms with E-state index in [0.29, 0.717) is 27.9 Å². The van der Waals surface area contributed by atoms with Gasteiger partial charge in [0.05, 0.1) is 30.5 Å². The molecule has 44 heavy (non-hydrogen) atoms. The fraction of sp³-hybridized carbons (Fsp3) is 0.219. The highest BCUT2D eigenvalue weighted by Gasteiger charge is 2.36. The van der Waals surface area contributed by atoms with Gasteiger partial charge in [-0.15, -0.1) is 21.5 Å². The molecule has 222 valence electrons. The van der Waals surface area contributed by atoms with Crippen molar-refractivity contribution in [3.63, 3.8) is 0 Å². The van der Waals surface area contributed by atoms with Crippen LogP contribution < -0.4 is 10.1 Å². The number of halogens is 3. The first-order valence-corrected chi connectivity index (χ1v) is 14.6. The number of nitrogens with one attached hydrogen (secondary N) is 1. The Balaban J connectivity index is 1.18. The number of thiazole rings is 1. The van der Waals surface area contributed by atoms with Gasteiger partial charge >= 0.3 is 6.18 Å². The average molecular weight is 615 g/mol. The minimum absolute atomic E-state index is 0.00211. The minimum atomic E-state index is -4.80. The van der Waals surface area contributed by atoms with Crippen molar-refractivity contribution in [2.45, 2.75) is 37.9 Å². The molecule has 0 bridgehead atoms. The summed E-state index contributed by atoms with van der Waals surface area (Å²) in [7, 11) is 1.56. The molecule has 0 atom stereocenters. The van der Waals surface area contributed by atoms with E-state index in [1.807, 2.05) is 17.5 Å². The largest absolute Gasteiger partial charge is 0.497 e. The lowest BCUT2D eigenvalue weighted by Crippen LogP contribution is -2.19. The van der Waals surface area contributed by atoms with Gasteiger partial charge in [0.25, 0.3) is 5.91 Å². The average Bonchev–Trinajstić information content (AvgIpc) is 3.65. The van der Waals surface area contributed by atoms with Gasteiger partial charge in [-0.3, -0.25) is 4.79 Å². The number of amides is 1. The maximum Gasteiger partial charge on any atom is 0.417 e. The summed E-state index contributed by atoms with van der Waals surface area (Å²) in [6, 6.07) is 17.2. The van der Waals surface area contributed by atoms with Crippen molar-refractivity contribution in [1.82, 2.24) is 25.2 Å². The fourth-order valence-electron chi connectivity index (χ4n) is 4.67. The van der Waals surface area contributed by atoms with Gasteiger partial charge in [-0.25, -0.2) is 4.98 Å². The SMILES string of the molecule is COc1ccc(Cn2nnc(-c3ccc(C(=O)Nc4cccc(C#Cc5nc(C6CCC6)cs5)c4)c(C(F)(F)F)c3)n2)cc1. The van der Waals surface area contributed by atoms with Gasteiger partial charge < -0.3 is 10.1 Å². The molecule has 0 unspecified atom stereocenters. The van der Waals surface area contributed by atoms with Gasteiger partial charge in [0, 0.05) is 28.1 Å². The molecule has 1 aliphatic carbocycles. The zero-order valence-electron chi connectivity index (χ0n) is 23.4. The van der Waals surface area contributed by atoms with Crippen LogP contribution in [0.25, 0.3) is 11.4 Å². The number of benzene rings is 3. The molecule has 1 fully saturated rings. The number of nitrogens with zero attached hydrogens (tertiary/aromatic N) is 5. The standard InChI is InChI=1S/C32H25F3N6O2S/c1-43-25-12-8-21(9-13-25)18-41-39-30(38-40-41)23-11-14-26(27(17-23)32(33,34)35)31(42)36-24-7-2-4-20(16-24)10-15-29-37-28(19-44-29)22-5-3-6-22/h2,4,7-9,11-14,16-17,19,22H,3,5-6,18H2,1H3,(H,36,42). The summed E-state index contributed by atoms with van der Waals surface area (Å²) in [4.78, 5) is 18.9. The molecule has 2 aromatic heterocycles. The third-order valence-corrected chi connectivity index (χ3v) is 8.02. The summed E-state index contributed by atoms with van der Waals surface area (Å²) in [5.74, 6) is 6.37. The van der Waals surface area contributed by atoms with Crippen LogP contribution in [0.2, 0.25) is 0 Å². The van der Waals surface area contributed by atoms with E-state index in [0.717, 1.165) is 36.2 Å². The number of rotatable bonds is 7. The minimum Gasteiger partial charge on any atom is -0.497 e. The Bertz CT molecular complexity index is 1870. The van der Waals surface area contributed by atoms with Crippen LogP contribution in [0.4, 0.5) is 18.9 Å². The summed E-state index contributed by atoms with van der Waals surface area (Å²) in [5, 5.41) is 17.4. The van der Waals surface area contributed by atoms with Crippen LogP contribution in [0, 0.1) is 11.8 Å². The molecule has 5 aromatic rings. The number of ether oxygens (including phenoxy) is 1. The Morgan fingerprint density at radius 1 is 1.09 bits per heavy atom. The van der Waals surface area contributed by atoms with Gasteiger partial charge in [0.1, 0.15) is 5.75 Å². The highest BCUT2D eigenvalue weighted by atomic mass is 32.1. The summed E-state index contributed by atoms with van der Waals surface area (Å²) in [5.41, 5.74) is 1.28. The predicted octanol–water partition coefficient (Wildman–Crippen LogP) is 6.79. The number of tetrazole rings is 1. The summed E-state index contributed by atoms with van der Waals surface area (Å²) < 4.78 is 47.5. The summed E-state index contributed by atoms with van der Waals surface area (Å²) in [6.45, 7) is 0.262. The quantitative estimate of drug-likeness (QED) is 0.203. The lowest BCUT2D eigenvalue weighted by molar-refractivity contribution is -0.137. The van der Waals surface area contributed by atoms with Crippen LogP contribution in [0.15, 0.2) is 72.1 Å². The van der Waals surface area contributed by atoms with Crippen molar-refractivity contribution < 1.29 is 22.7 Å². The number of hydrogen-bond donors (Lipinski definition) is 1. The number of carbonyl (C=O) groups excluding carboxylic acids is 1. The summed E-state index contributed by atoms with van der Waals surface area (Å²) >= 11 is 1.49. The first-order valence-electron chi connectivity index (χ1n) is 13.8. The number of aromatic nitrogens is 5. The molecule has 6 rings (SSSR count). The van der Waals surface area contributed by atoms with E-state index in [9.17, 15) is 18.0 Å². The van der Waals surface area contributed by atoms with Crippen molar-refractivity contribution in [2.75, 3.05) is 12.4 Å². The molecule has 12 heteroatoms. The topological polar surface area (TPSA) is 94.8 Å². The summed E-state index contributed by atoms with van der Waals surface area (Å²) in [6.07, 6.45) is -1.27. The Kier molecular flexibility index (Phi) is 8.13. The lowest BCUT2D eigenvalue weighted by Gasteiger charge is -2.22. The molecule has 1 saturated carbocycles. The van der Waals surface area contributed by atoms with Crippen LogP contribution in [-0.2, 0) is 12.7 Å². The molecular weight excluding hydrogens is 589 g/mol. The lowest BCUT2D eigenvalue weighted by atomic mass is 9.83. The number of alkyl halides is 3. The van der Waals surface area contributed by atoms with E-state index >= 15 is 0 Å². The van der Waals surface area contributed by atoms with Crippen molar-refractivity contribution in [3.8, 4) is 29.0 Å². The highest BCUT2D eigenvalue weighted by molar-refractivity contribution is 7.10. The maximum absolute atomic E-state index is 14.1. The van der Waals surface area contributed by atoms with Crippen molar-refractivity contribution >= 4 is 22.9 Å². The van der Waals surface area contributed by atoms with Crippen molar-refractivity contribution in [3.05, 3.63) is 105 Å². The van der Waals surface area contributed by atoms with Gasteiger partial charge in [-0.2, -0.15) is 18.0 Å². The monoisotopic (exact) mass is 614 g/mol. The van der Waals surface area contributed by atoms with E-state index < -0.39 is 23.2 Å². The second-order valence-electron chi connectivity index (χ2n) is 10.2. The van der Waals surface area contributed by atoms with E-state index in [1.165, 1.54) is 28.6 Å². The molecule has 8 nitrogen and oxygen atoms in total. The molecule has 3 aromatic carbocycles. The van der Waals surface area contributed by atoms with Gasteiger partial charge in [0.15, 0.2) is 5.01 Å². The second kappa shape index (κ2) is 12.3. The second-order valence-corrected chi connectivity index (χ2v) is 11.1. The maximum atomic E-state index is 14.1. The zero-order chi connectivity index (χ0) is 30.7. The van der Waals surface area contributed by atoms with Crippen LogP contribution in [-0.4, -0.2) is 38.2 Å². The van der Waals surface area contributed by atoms with Crippen LogP contribution in [0.3, 0.4) is 0 Å². The van der Waals surface area contributed by atoms with Crippen molar-refractivity contribution in [1.29, 1.82) is 0 Å².